The molecular formula is C25H36N6O4S. The molecule has 36 heavy (non-hydrogen) atoms. The molecule has 0 amide bonds. The van der Waals surface area contributed by atoms with E-state index in [1.54, 1.807) is 12.1 Å². The van der Waals surface area contributed by atoms with Gasteiger partial charge in [0.2, 0.25) is 10.0 Å². The van der Waals surface area contributed by atoms with Gasteiger partial charge < -0.3 is 19.3 Å². The molecular weight excluding hydrogens is 480 g/mol. The Bertz CT molecular complexity index is 1120. The predicted octanol–water partition coefficient (Wildman–Crippen LogP) is 1.61. The van der Waals surface area contributed by atoms with Crippen molar-refractivity contribution in [2.45, 2.75) is 30.8 Å². The molecule has 3 fully saturated rings. The summed E-state index contributed by atoms with van der Waals surface area (Å²) in [5.74, 6) is 2.04. The van der Waals surface area contributed by atoms with Gasteiger partial charge in [0.25, 0.3) is 0 Å². The summed E-state index contributed by atoms with van der Waals surface area (Å²) in [5.41, 5.74) is 0.882. The molecule has 5 rings (SSSR count). The topological polar surface area (TPSA) is 91.3 Å². The zero-order valence-electron chi connectivity index (χ0n) is 21.2. The van der Waals surface area contributed by atoms with E-state index < -0.39 is 10.0 Å². The fourth-order valence-corrected chi connectivity index (χ4v) is 6.84. The fraction of sp³-hybridized carbons (Fsp3) is 0.600. The smallest absolute Gasteiger partial charge is 0.246 e. The van der Waals surface area contributed by atoms with Crippen LogP contribution in [0.5, 0.6) is 5.75 Å². The minimum absolute atomic E-state index is 0.221. The highest BCUT2D eigenvalue weighted by molar-refractivity contribution is 7.89. The number of aryl methyl sites for hydroxylation is 1. The third-order valence-corrected chi connectivity index (χ3v) is 9.24. The highest BCUT2D eigenvalue weighted by Crippen LogP contribution is 2.29. The zero-order chi connectivity index (χ0) is 25.1. The van der Waals surface area contributed by atoms with E-state index in [4.69, 9.17) is 9.47 Å². The van der Waals surface area contributed by atoms with Crippen molar-refractivity contribution < 1.29 is 17.9 Å². The Labute approximate surface area is 213 Å². The van der Waals surface area contributed by atoms with Crippen molar-refractivity contribution in [3.05, 3.63) is 35.9 Å². The average Bonchev–Trinajstić information content (AvgIpc) is 3.42. The van der Waals surface area contributed by atoms with Gasteiger partial charge >= 0.3 is 0 Å². The number of piperazine rings is 2. The van der Waals surface area contributed by atoms with Crippen molar-refractivity contribution in [3.63, 3.8) is 0 Å². The minimum atomic E-state index is -3.64. The lowest BCUT2D eigenvalue weighted by Gasteiger charge is -2.36. The maximum Gasteiger partial charge on any atom is 0.246 e. The van der Waals surface area contributed by atoms with Gasteiger partial charge in [-0.3, -0.25) is 4.90 Å². The Hall–Kier alpha value is -2.47. The number of hydrogen-bond donors (Lipinski definition) is 0. The summed E-state index contributed by atoms with van der Waals surface area (Å²) in [7, 11) is -2.14. The van der Waals surface area contributed by atoms with Crippen molar-refractivity contribution in [1.29, 1.82) is 0 Å². The predicted molar refractivity (Wildman–Crippen MR) is 138 cm³/mol. The van der Waals surface area contributed by atoms with Crippen molar-refractivity contribution >= 4 is 21.7 Å². The molecule has 0 spiro atoms. The molecule has 11 heteroatoms. The SMILES string of the molecule is COc1ccc(C)cc1S(=O)(=O)N1CCN(c2ccc(N3CCN(CC4CCCO4)CC3)nn2)CC1. The lowest BCUT2D eigenvalue weighted by atomic mass is 10.2. The van der Waals surface area contributed by atoms with Gasteiger partial charge in [-0.15, -0.1) is 10.2 Å². The van der Waals surface area contributed by atoms with Crippen LogP contribution in [0, 0.1) is 6.92 Å². The highest BCUT2D eigenvalue weighted by atomic mass is 32.2. The minimum Gasteiger partial charge on any atom is -0.495 e. The molecule has 3 saturated heterocycles. The molecule has 0 saturated carbocycles. The monoisotopic (exact) mass is 516 g/mol. The van der Waals surface area contributed by atoms with E-state index in [0.29, 0.717) is 38.0 Å². The normalized spacial score (nSPS) is 22.2. The summed E-state index contributed by atoms with van der Waals surface area (Å²) < 4.78 is 39.2. The second-order valence-electron chi connectivity index (χ2n) is 9.72. The van der Waals surface area contributed by atoms with Gasteiger partial charge in [-0.2, -0.15) is 4.31 Å². The van der Waals surface area contributed by atoms with E-state index in [-0.39, 0.29) is 4.90 Å². The Kier molecular flexibility index (Phi) is 7.61. The summed E-state index contributed by atoms with van der Waals surface area (Å²) >= 11 is 0. The molecule has 3 aliphatic heterocycles. The first-order chi connectivity index (χ1) is 17.4. The Morgan fingerprint density at radius 2 is 1.58 bits per heavy atom. The molecule has 0 aliphatic carbocycles. The quantitative estimate of drug-likeness (QED) is 0.544. The van der Waals surface area contributed by atoms with E-state index >= 15 is 0 Å². The van der Waals surface area contributed by atoms with Crippen LogP contribution in [0.2, 0.25) is 0 Å². The molecule has 196 valence electrons. The van der Waals surface area contributed by atoms with Gasteiger partial charge in [0.15, 0.2) is 11.6 Å². The molecule has 2 aromatic rings. The maximum absolute atomic E-state index is 13.3. The van der Waals surface area contributed by atoms with E-state index in [9.17, 15) is 8.42 Å². The van der Waals surface area contributed by atoms with Crippen LogP contribution < -0.4 is 14.5 Å². The van der Waals surface area contributed by atoms with Crippen LogP contribution in [0.15, 0.2) is 35.2 Å². The summed E-state index contributed by atoms with van der Waals surface area (Å²) in [6.07, 6.45) is 2.75. The average molecular weight is 517 g/mol. The molecule has 4 heterocycles. The van der Waals surface area contributed by atoms with Crippen molar-refractivity contribution in [3.8, 4) is 5.75 Å². The van der Waals surface area contributed by atoms with E-state index in [1.165, 1.54) is 24.3 Å². The summed E-state index contributed by atoms with van der Waals surface area (Å²) in [5, 5.41) is 8.97. The molecule has 1 aromatic heterocycles. The van der Waals surface area contributed by atoms with E-state index in [1.807, 2.05) is 25.1 Å². The number of ether oxygens (including phenoxy) is 2. The zero-order valence-corrected chi connectivity index (χ0v) is 22.0. The Morgan fingerprint density at radius 3 is 2.14 bits per heavy atom. The standard InChI is InChI=1S/C25H36N6O4S/c1-20-5-6-22(34-2)23(18-20)36(32,33)31-15-13-30(14-16-31)25-8-7-24(26-27-25)29-11-9-28(10-12-29)19-21-4-3-17-35-21/h5-8,18,21H,3-4,9-17,19H2,1-2H3. The first kappa shape index (κ1) is 25.2. The number of benzene rings is 1. The molecule has 3 aliphatic rings. The van der Waals surface area contributed by atoms with Crippen molar-refractivity contribution in [1.82, 2.24) is 19.4 Å². The molecule has 1 unspecified atom stereocenters. The number of anilines is 2. The number of aromatic nitrogens is 2. The summed E-state index contributed by atoms with van der Waals surface area (Å²) in [6.45, 7) is 9.56. The van der Waals surface area contributed by atoms with Gasteiger partial charge in [-0.1, -0.05) is 6.07 Å². The number of rotatable bonds is 7. The Morgan fingerprint density at radius 1 is 0.944 bits per heavy atom. The van der Waals surface area contributed by atoms with Crippen LogP contribution in [0.1, 0.15) is 18.4 Å². The molecule has 0 radical (unpaired) electrons. The van der Waals surface area contributed by atoms with E-state index in [2.05, 4.69) is 24.9 Å². The van der Waals surface area contributed by atoms with Gasteiger partial charge in [-0.25, -0.2) is 8.42 Å². The van der Waals surface area contributed by atoms with E-state index in [0.717, 1.165) is 56.5 Å². The maximum atomic E-state index is 13.3. The van der Waals surface area contributed by atoms with Crippen LogP contribution in [-0.2, 0) is 14.8 Å². The van der Waals surface area contributed by atoms with Gasteiger partial charge in [-0.05, 0) is 49.6 Å². The third kappa shape index (κ3) is 5.44. The first-order valence-corrected chi connectivity index (χ1v) is 14.2. The van der Waals surface area contributed by atoms with Gasteiger partial charge in [0.1, 0.15) is 10.6 Å². The van der Waals surface area contributed by atoms with Crippen molar-refractivity contribution in [2.24, 2.45) is 0 Å². The molecule has 1 atom stereocenters. The highest BCUT2D eigenvalue weighted by Gasteiger charge is 2.31. The second-order valence-corrected chi connectivity index (χ2v) is 11.6. The molecule has 0 N–H and O–H groups in total. The van der Waals surface area contributed by atoms with Crippen LogP contribution in [0.3, 0.4) is 0 Å². The lowest BCUT2D eigenvalue weighted by molar-refractivity contribution is 0.0712. The van der Waals surface area contributed by atoms with Gasteiger partial charge in [0, 0.05) is 65.5 Å². The lowest BCUT2D eigenvalue weighted by Crippen LogP contribution is -2.49. The van der Waals surface area contributed by atoms with Gasteiger partial charge in [0.05, 0.1) is 13.2 Å². The van der Waals surface area contributed by atoms with Crippen LogP contribution >= 0.6 is 0 Å². The second kappa shape index (κ2) is 10.9. The third-order valence-electron chi connectivity index (χ3n) is 7.32. The van der Waals surface area contributed by atoms with Crippen LogP contribution in [-0.4, -0.2) is 107 Å². The largest absolute Gasteiger partial charge is 0.495 e. The summed E-state index contributed by atoms with van der Waals surface area (Å²) in [4.78, 5) is 7.07. The number of nitrogens with zero attached hydrogens (tertiary/aromatic N) is 6. The Balaban J connectivity index is 1.15. The fourth-order valence-electron chi connectivity index (χ4n) is 5.17. The number of hydrogen-bond acceptors (Lipinski definition) is 9. The van der Waals surface area contributed by atoms with Crippen LogP contribution in [0.25, 0.3) is 0 Å². The number of methoxy groups -OCH3 is 1. The van der Waals surface area contributed by atoms with Crippen molar-refractivity contribution in [2.75, 3.05) is 82.4 Å². The molecule has 1 aromatic carbocycles. The number of sulfonamides is 1. The van der Waals surface area contributed by atoms with Crippen LogP contribution in [0.4, 0.5) is 11.6 Å². The molecule has 10 nitrogen and oxygen atoms in total. The molecule has 0 bridgehead atoms. The first-order valence-electron chi connectivity index (χ1n) is 12.8. The summed E-state index contributed by atoms with van der Waals surface area (Å²) in [6, 6.07) is 9.25.